The highest BCUT2D eigenvalue weighted by molar-refractivity contribution is 8.00. The molecule has 0 amide bonds. The number of rotatable bonds is 6. The predicted octanol–water partition coefficient (Wildman–Crippen LogP) is 4.06. The van der Waals surface area contributed by atoms with E-state index in [-0.39, 0.29) is 17.4 Å². The number of Topliss-reactive ketones (excluding diaryl/α,β-unsaturated/α-hetero) is 1. The summed E-state index contributed by atoms with van der Waals surface area (Å²) in [5, 5.41) is 4.48. The fourth-order valence-electron chi connectivity index (χ4n) is 1.77. The lowest BCUT2D eigenvalue weighted by atomic mass is 10.3. The first-order chi connectivity index (χ1) is 9.61. The third kappa shape index (κ3) is 3.61. The molecule has 0 N–H and O–H groups in total. The Hall–Kier alpha value is -1.33. The molecule has 0 aliphatic rings. The number of carbonyl (C=O) groups excluding carboxylic acids is 1. The van der Waals surface area contributed by atoms with Crippen molar-refractivity contribution in [1.29, 1.82) is 0 Å². The lowest BCUT2D eigenvalue weighted by molar-refractivity contribution is 0.101. The van der Waals surface area contributed by atoms with Gasteiger partial charge in [-0.15, -0.1) is 11.8 Å². The Kier molecular flexibility index (Phi) is 5.20. The number of carbonyl (C=O) groups is 1. The van der Waals surface area contributed by atoms with Gasteiger partial charge in [0, 0.05) is 11.4 Å². The van der Waals surface area contributed by atoms with E-state index < -0.39 is 0 Å². The molecule has 20 heavy (non-hydrogen) atoms. The molecule has 0 aliphatic carbocycles. The lowest BCUT2D eigenvalue weighted by Gasteiger charge is -2.06. The van der Waals surface area contributed by atoms with Crippen molar-refractivity contribution in [3.05, 3.63) is 47.0 Å². The molecule has 2 rings (SSSR count). The van der Waals surface area contributed by atoms with Gasteiger partial charge in [-0.25, -0.2) is 4.39 Å². The van der Waals surface area contributed by atoms with Crippen molar-refractivity contribution in [1.82, 2.24) is 9.78 Å². The van der Waals surface area contributed by atoms with Crippen molar-refractivity contribution in [3.63, 3.8) is 0 Å². The minimum Gasteiger partial charge on any atom is -0.291 e. The minimum absolute atomic E-state index is 0.0738. The van der Waals surface area contributed by atoms with Crippen LogP contribution in [0.2, 0.25) is 5.02 Å². The zero-order chi connectivity index (χ0) is 14.5. The normalized spacial score (nSPS) is 10.8. The topological polar surface area (TPSA) is 34.9 Å². The number of aryl methyl sites for hydroxylation is 1. The van der Waals surface area contributed by atoms with Gasteiger partial charge < -0.3 is 0 Å². The zero-order valence-electron chi connectivity index (χ0n) is 11.0. The van der Waals surface area contributed by atoms with Crippen LogP contribution in [0.1, 0.15) is 23.8 Å². The highest BCUT2D eigenvalue weighted by Crippen LogP contribution is 2.22. The molecule has 0 aliphatic heterocycles. The van der Waals surface area contributed by atoms with E-state index in [0.717, 1.165) is 11.3 Å². The lowest BCUT2D eigenvalue weighted by Crippen LogP contribution is -2.12. The third-order valence-electron chi connectivity index (χ3n) is 2.68. The van der Waals surface area contributed by atoms with Crippen LogP contribution in [0.25, 0.3) is 0 Å². The first kappa shape index (κ1) is 15.1. The predicted molar refractivity (Wildman–Crippen MR) is 79.0 cm³/mol. The first-order valence-electron chi connectivity index (χ1n) is 6.24. The summed E-state index contributed by atoms with van der Waals surface area (Å²) in [5.41, 5.74) is 0.447. The van der Waals surface area contributed by atoms with E-state index in [2.05, 4.69) is 5.10 Å². The van der Waals surface area contributed by atoms with Crippen molar-refractivity contribution < 1.29 is 9.18 Å². The molecule has 0 unspecified atom stereocenters. The molecule has 106 valence electrons. The fraction of sp³-hybridized carbons (Fsp3) is 0.286. The molecule has 0 saturated carbocycles. The van der Waals surface area contributed by atoms with Gasteiger partial charge in [0.2, 0.25) is 0 Å². The highest BCUT2D eigenvalue weighted by Gasteiger charge is 2.17. The van der Waals surface area contributed by atoms with Gasteiger partial charge in [-0.1, -0.05) is 18.5 Å². The third-order valence-corrected chi connectivity index (χ3v) is 3.97. The van der Waals surface area contributed by atoms with Gasteiger partial charge >= 0.3 is 0 Å². The van der Waals surface area contributed by atoms with E-state index in [1.54, 1.807) is 16.8 Å². The van der Waals surface area contributed by atoms with E-state index in [4.69, 9.17) is 11.6 Å². The summed E-state index contributed by atoms with van der Waals surface area (Å²) in [6.45, 7) is 2.67. The van der Waals surface area contributed by atoms with Crippen LogP contribution < -0.4 is 0 Å². The molecule has 0 saturated heterocycles. The monoisotopic (exact) mass is 312 g/mol. The summed E-state index contributed by atoms with van der Waals surface area (Å²) in [7, 11) is 0. The second-order valence-corrected chi connectivity index (χ2v) is 5.69. The van der Waals surface area contributed by atoms with Gasteiger partial charge in [-0.05, 0) is 30.7 Å². The van der Waals surface area contributed by atoms with Gasteiger partial charge in [-0.3, -0.25) is 9.48 Å². The first-order valence-corrected chi connectivity index (χ1v) is 7.61. The van der Waals surface area contributed by atoms with Gasteiger partial charge in [0.15, 0.2) is 5.78 Å². The van der Waals surface area contributed by atoms with Gasteiger partial charge in [0.25, 0.3) is 0 Å². The van der Waals surface area contributed by atoms with Crippen LogP contribution in [-0.2, 0) is 6.54 Å². The van der Waals surface area contributed by atoms with E-state index in [9.17, 15) is 9.18 Å². The number of nitrogens with zero attached hydrogens (tertiary/aromatic N) is 2. The Bertz CT molecular complexity index is 598. The van der Waals surface area contributed by atoms with E-state index in [0.29, 0.717) is 17.3 Å². The Morgan fingerprint density at radius 1 is 1.40 bits per heavy atom. The highest BCUT2D eigenvalue weighted by atomic mass is 35.5. The summed E-state index contributed by atoms with van der Waals surface area (Å²) in [6.07, 6.45) is 2.37. The molecular weight excluding hydrogens is 299 g/mol. The maximum atomic E-state index is 12.8. The van der Waals surface area contributed by atoms with Crippen LogP contribution in [-0.4, -0.2) is 21.3 Å². The van der Waals surface area contributed by atoms with Gasteiger partial charge in [0.1, 0.15) is 11.5 Å². The van der Waals surface area contributed by atoms with E-state index >= 15 is 0 Å². The summed E-state index contributed by atoms with van der Waals surface area (Å²) >= 11 is 7.37. The molecule has 2 aromatic rings. The molecular formula is C14H14ClFN2OS. The van der Waals surface area contributed by atoms with Crippen molar-refractivity contribution in [2.24, 2.45) is 0 Å². The molecule has 0 radical (unpaired) electrons. The molecule has 1 aromatic heterocycles. The SMILES string of the molecule is CCCn1ncc(Cl)c1C(=O)CSc1ccc(F)cc1. The van der Waals surface area contributed by atoms with Gasteiger partial charge in [0.05, 0.1) is 17.0 Å². The summed E-state index contributed by atoms with van der Waals surface area (Å²) in [5.74, 6) is -0.110. The smallest absolute Gasteiger partial charge is 0.192 e. The molecule has 6 heteroatoms. The van der Waals surface area contributed by atoms with E-state index in [1.807, 2.05) is 6.92 Å². The Labute approximate surface area is 126 Å². The molecule has 1 heterocycles. The molecule has 3 nitrogen and oxygen atoms in total. The van der Waals surface area contributed by atoms with Crippen LogP contribution in [0.3, 0.4) is 0 Å². The van der Waals surface area contributed by atoms with Crippen LogP contribution in [0.15, 0.2) is 35.4 Å². The molecule has 0 atom stereocenters. The molecule has 0 bridgehead atoms. The number of benzene rings is 1. The summed E-state index contributed by atoms with van der Waals surface area (Å²) in [6, 6.07) is 6.05. The number of halogens is 2. The number of thioether (sulfide) groups is 1. The second-order valence-electron chi connectivity index (χ2n) is 4.23. The standard InChI is InChI=1S/C14H14ClFN2OS/c1-2-7-18-14(12(15)8-17-18)13(19)9-20-11-5-3-10(16)4-6-11/h3-6,8H,2,7,9H2,1H3. The molecule has 1 aromatic carbocycles. The zero-order valence-corrected chi connectivity index (χ0v) is 12.5. The van der Waals surface area contributed by atoms with Crippen molar-refractivity contribution in [3.8, 4) is 0 Å². The van der Waals surface area contributed by atoms with Crippen molar-refractivity contribution >= 4 is 29.1 Å². The average molecular weight is 313 g/mol. The Morgan fingerprint density at radius 2 is 2.10 bits per heavy atom. The average Bonchev–Trinajstić information content (AvgIpc) is 2.79. The molecule has 0 spiro atoms. The van der Waals surface area contributed by atoms with Crippen LogP contribution in [0.5, 0.6) is 0 Å². The van der Waals surface area contributed by atoms with Crippen molar-refractivity contribution in [2.45, 2.75) is 24.8 Å². The largest absolute Gasteiger partial charge is 0.291 e. The maximum Gasteiger partial charge on any atom is 0.192 e. The van der Waals surface area contributed by atoms with Crippen LogP contribution in [0, 0.1) is 5.82 Å². The summed E-state index contributed by atoms with van der Waals surface area (Å²) < 4.78 is 14.4. The second kappa shape index (κ2) is 6.90. The quantitative estimate of drug-likeness (QED) is 0.596. The maximum absolute atomic E-state index is 12.8. The number of ketones is 1. The Balaban J connectivity index is 2.05. The number of aromatic nitrogens is 2. The van der Waals surface area contributed by atoms with Crippen molar-refractivity contribution in [2.75, 3.05) is 5.75 Å². The van der Waals surface area contributed by atoms with Crippen LogP contribution in [0.4, 0.5) is 4.39 Å². The fourth-order valence-corrected chi connectivity index (χ4v) is 2.78. The summed E-state index contributed by atoms with van der Waals surface area (Å²) in [4.78, 5) is 13.1. The number of hydrogen-bond donors (Lipinski definition) is 0. The van der Waals surface area contributed by atoms with Gasteiger partial charge in [-0.2, -0.15) is 5.10 Å². The Morgan fingerprint density at radius 3 is 2.75 bits per heavy atom. The van der Waals surface area contributed by atoms with Crippen LogP contribution >= 0.6 is 23.4 Å². The van der Waals surface area contributed by atoms with E-state index in [1.165, 1.54) is 30.1 Å². The molecule has 0 fully saturated rings. The number of hydrogen-bond acceptors (Lipinski definition) is 3. The minimum atomic E-state index is -0.287.